The quantitative estimate of drug-likeness (QED) is 0.506. The summed E-state index contributed by atoms with van der Waals surface area (Å²) in [6.45, 7) is 0. The molecule has 18 heavy (non-hydrogen) atoms. The molecule has 1 rings (SSSR count). The molecule has 8 heteroatoms. The predicted molar refractivity (Wildman–Crippen MR) is 59.1 cm³/mol. The molecule has 1 aromatic rings. The van der Waals surface area contributed by atoms with E-state index in [4.69, 9.17) is 22.5 Å². The number of nitrogens with zero attached hydrogens (tertiary/aromatic N) is 1. The van der Waals surface area contributed by atoms with E-state index in [1.54, 1.807) is 0 Å². The summed E-state index contributed by atoms with van der Waals surface area (Å²) in [5, 5.41) is 11.0. The third-order valence-corrected chi connectivity index (χ3v) is 2.46. The maximum absolute atomic E-state index is 12.4. The van der Waals surface area contributed by atoms with Crippen LogP contribution in [-0.2, 0) is 6.42 Å². The summed E-state index contributed by atoms with van der Waals surface area (Å²) >= 11 is 5.69. The summed E-state index contributed by atoms with van der Waals surface area (Å²) < 4.78 is 37.3. The van der Waals surface area contributed by atoms with Gasteiger partial charge < -0.3 is 10.9 Å². The van der Waals surface area contributed by atoms with Gasteiger partial charge in [-0.1, -0.05) is 16.8 Å². The molecular formula is C10H8ClF3N2O2. The number of alkyl halides is 3. The highest BCUT2D eigenvalue weighted by Crippen LogP contribution is 2.29. The van der Waals surface area contributed by atoms with E-state index < -0.39 is 24.1 Å². The molecule has 0 saturated carbocycles. The number of amides is 1. The van der Waals surface area contributed by atoms with E-state index in [1.807, 2.05) is 0 Å². The van der Waals surface area contributed by atoms with Crippen molar-refractivity contribution in [3.63, 3.8) is 0 Å². The van der Waals surface area contributed by atoms with E-state index in [-0.39, 0.29) is 16.1 Å². The van der Waals surface area contributed by atoms with Crippen LogP contribution in [0.3, 0.4) is 0 Å². The minimum atomic E-state index is -4.55. The van der Waals surface area contributed by atoms with Crippen LogP contribution in [0.2, 0.25) is 5.02 Å². The van der Waals surface area contributed by atoms with Gasteiger partial charge in [0.05, 0.1) is 12.6 Å². The molecule has 0 aliphatic rings. The zero-order valence-corrected chi connectivity index (χ0v) is 9.59. The topological polar surface area (TPSA) is 75.7 Å². The van der Waals surface area contributed by atoms with Crippen molar-refractivity contribution >= 4 is 23.7 Å². The SMILES string of the molecule is NC(=O)c1ccc(Cl)c(C=NO)c1CC(F)(F)F. The molecule has 3 N–H and O–H groups in total. The Balaban J connectivity index is 3.48. The van der Waals surface area contributed by atoms with E-state index in [9.17, 15) is 18.0 Å². The minimum absolute atomic E-state index is 0.0722. The van der Waals surface area contributed by atoms with Crippen LogP contribution >= 0.6 is 11.6 Å². The van der Waals surface area contributed by atoms with E-state index in [0.29, 0.717) is 0 Å². The Labute approximate surface area is 105 Å². The van der Waals surface area contributed by atoms with Crippen LogP contribution in [0.4, 0.5) is 13.2 Å². The van der Waals surface area contributed by atoms with Gasteiger partial charge in [0.15, 0.2) is 0 Å². The Kier molecular flexibility index (Phi) is 4.18. The fourth-order valence-electron chi connectivity index (χ4n) is 1.46. The first kappa shape index (κ1) is 14.3. The summed E-state index contributed by atoms with van der Waals surface area (Å²) in [5.74, 6) is -1.02. The van der Waals surface area contributed by atoms with Crippen LogP contribution in [-0.4, -0.2) is 23.5 Å². The lowest BCUT2D eigenvalue weighted by molar-refractivity contribution is -0.127. The van der Waals surface area contributed by atoms with Crippen LogP contribution in [0.15, 0.2) is 17.3 Å². The van der Waals surface area contributed by atoms with Crippen molar-refractivity contribution < 1.29 is 23.2 Å². The fourth-order valence-corrected chi connectivity index (χ4v) is 1.68. The van der Waals surface area contributed by atoms with Gasteiger partial charge in [-0.3, -0.25) is 4.79 Å². The molecule has 0 atom stereocenters. The van der Waals surface area contributed by atoms with Gasteiger partial charge in [-0.25, -0.2) is 0 Å². The van der Waals surface area contributed by atoms with Crippen LogP contribution in [0.1, 0.15) is 21.5 Å². The normalized spacial score (nSPS) is 12.0. The largest absolute Gasteiger partial charge is 0.411 e. The average molecular weight is 281 g/mol. The number of hydrogen-bond donors (Lipinski definition) is 2. The van der Waals surface area contributed by atoms with Crippen LogP contribution < -0.4 is 5.73 Å². The molecule has 0 radical (unpaired) electrons. The molecule has 4 nitrogen and oxygen atoms in total. The van der Waals surface area contributed by atoms with Gasteiger partial charge in [-0.05, 0) is 17.7 Å². The third kappa shape index (κ3) is 3.36. The van der Waals surface area contributed by atoms with Crippen LogP contribution in [0.25, 0.3) is 0 Å². The number of benzene rings is 1. The number of hydrogen-bond acceptors (Lipinski definition) is 3. The van der Waals surface area contributed by atoms with E-state index >= 15 is 0 Å². The van der Waals surface area contributed by atoms with Gasteiger partial charge in [0.2, 0.25) is 5.91 Å². The molecule has 0 bridgehead atoms. The molecule has 0 saturated heterocycles. The molecule has 98 valence electrons. The van der Waals surface area contributed by atoms with Gasteiger partial charge >= 0.3 is 6.18 Å². The number of primary amides is 1. The molecule has 0 unspecified atom stereocenters. The van der Waals surface area contributed by atoms with Gasteiger partial charge in [0, 0.05) is 16.1 Å². The van der Waals surface area contributed by atoms with E-state index in [2.05, 4.69) is 5.16 Å². The second-order valence-electron chi connectivity index (χ2n) is 3.39. The number of nitrogens with two attached hydrogens (primary N) is 1. The highest BCUT2D eigenvalue weighted by atomic mass is 35.5. The van der Waals surface area contributed by atoms with E-state index in [0.717, 1.165) is 12.3 Å². The smallest absolute Gasteiger partial charge is 0.393 e. The number of rotatable bonds is 3. The lowest BCUT2D eigenvalue weighted by Crippen LogP contribution is -2.20. The number of halogens is 4. The number of carbonyl (C=O) groups is 1. The van der Waals surface area contributed by atoms with Crippen molar-refractivity contribution in [2.45, 2.75) is 12.6 Å². The van der Waals surface area contributed by atoms with Crippen molar-refractivity contribution in [2.75, 3.05) is 0 Å². The van der Waals surface area contributed by atoms with Crippen molar-refractivity contribution in [2.24, 2.45) is 10.9 Å². The van der Waals surface area contributed by atoms with E-state index in [1.165, 1.54) is 6.07 Å². The molecule has 0 aliphatic carbocycles. The lowest BCUT2D eigenvalue weighted by atomic mass is 9.98. The average Bonchev–Trinajstić information content (AvgIpc) is 2.21. The Morgan fingerprint density at radius 3 is 2.56 bits per heavy atom. The number of oxime groups is 1. The Hall–Kier alpha value is -1.76. The standard InChI is InChI=1S/C10H8ClF3N2O2/c11-8-2-1-5(9(15)17)6(3-10(12,13)14)7(8)4-16-18/h1-2,4,18H,3H2,(H2,15,17). The van der Waals surface area contributed by atoms with Crippen molar-refractivity contribution in [1.29, 1.82) is 0 Å². The number of carbonyl (C=O) groups excluding carboxylic acids is 1. The fraction of sp³-hybridized carbons (Fsp3) is 0.200. The van der Waals surface area contributed by atoms with Gasteiger partial charge in [0.1, 0.15) is 0 Å². The Morgan fingerprint density at radius 2 is 2.11 bits per heavy atom. The van der Waals surface area contributed by atoms with Crippen LogP contribution in [0, 0.1) is 0 Å². The van der Waals surface area contributed by atoms with Crippen LogP contribution in [0.5, 0.6) is 0 Å². The first-order valence-electron chi connectivity index (χ1n) is 4.61. The third-order valence-electron chi connectivity index (χ3n) is 2.13. The highest BCUT2D eigenvalue weighted by molar-refractivity contribution is 6.33. The summed E-state index contributed by atoms with van der Waals surface area (Å²) in [5.41, 5.74) is 4.08. The maximum Gasteiger partial charge on any atom is 0.393 e. The lowest BCUT2D eigenvalue weighted by Gasteiger charge is -2.13. The summed E-state index contributed by atoms with van der Waals surface area (Å²) in [6, 6.07) is 2.30. The highest BCUT2D eigenvalue weighted by Gasteiger charge is 2.31. The predicted octanol–water partition coefficient (Wildman–Crippen LogP) is 2.35. The van der Waals surface area contributed by atoms with Crippen molar-refractivity contribution in [3.05, 3.63) is 33.8 Å². The molecule has 0 spiro atoms. The van der Waals surface area contributed by atoms with Gasteiger partial charge in [0.25, 0.3) is 0 Å². The second-order valence-corrected chi connectivity index (χ2v) is 3.80. The monoisotopic (exact) mass is 280 g/mol. The first-order valence-corrected chi connectivity index (χ1v) is 4.99. The van der Waals surface area contributed by atoms with Gasteiger partial charge in [-0.15, -0.1) is 0 Å². The first-order chi connectivity index (χ1) is 8.26. The maximum atomic E-state index is 12.4. The zero-order valence-electron chi connectivity index (χ0n) is 8.83. The molecule has 1 amide bonds. The molecule has 0 aromatic heterocycles. The Morgan fingerprint density at radius 1 is 1.50 bits per heavy atom. The zero-order chi connectivity index (χ0) is 13.9. The Bertz CT molecular complexity index is 501. The molecular weight excluding hydrogens is 273 g/mol. The summed E-state index contributed by atoms with van der Waals surface area (Å²) in [6.07, 6.45) is -5.21. The molecule has 0 fully saturated rings. The van der Waals surface area contributed by atoms with Crippen molar-refractivity contribution in [3.8, 4) is 0 Å². The molecule has 1 aromatic carbocycles. The molecule has 0 aliphatic heterocycles. The minimum Gasteiger partial charge on any atom is -0.411 e. The summed E-state index contributed by atoms with van der Waals surface area (Å²) in [7, 11) is 0. The molecule has 0 heterocycles. The van der Waals surface area contributed by atoms with Gasteiger partial charge in [-0.2, -0.15) is 13.2 Å². The second kappa shape index (κ2) is 5.26. The summed E-state index contributed by atoms with van der Waals surface area (Å²) in [4.78, 5) is 11.1. The van der Waals surface area contributed by atoms with Crippen molar-refractivity contribution in [1.82, 2.24) is 0 Å².